The maximum Gasteiger partial charge on any atom is 0.193 e. The highest BCUT2D eigenvalue weighted by Gasteiger charge is 2.04. The van der Waals surface area contributed by atoms with E-state index in [2.05, 4.69) is 53.4 Å². The van der Waals surface area contributed by atoms with Crippen molar-refractivity contribution in [1.82, 2.24) is 10.2 Å². The molecule has 112 valence electrons. The van der Waals surface area contributed by atoms with Gasteiger partial charge in [0.05, 0.1) is 6.61 Å². The lowest BCUT2D eigenvalue weighted by atomic mass is 10.1. The summed E-state index contributed by atoms with van der Waals surface area (Å²) >= 11 is 0. The number of guanidine groups is 1. The zero-order valence-electron chi connectivity index (χ0n) is 13.1. The van der Waals surface area contributed by atoms with Crippen molar-refractivity contribution < 1.29 is 4.74 Å². The fourth-order valence-corrected chi connectivity index (χ4v) is 1.99. The van der Waals surface area contributed by atoms with E-state index in [0.717, 1.165) is 19.0 Å². The molecule has 1 N–H and O–H groups in total. The molecule has 0 spiro atoms. The molecule has 0 radical (unpaired) electrons. The SMILES string of the molecule is CCCCN(C)C(=NC)NCc1ccc(COC)cc1. The third kappa shape index (κ3) is 5.61. The fraction of sp³-hybridized carbons (Fsp3) is 0.562. The Bertz CT molecular complexity index is 401. The van der Waals surface area contributed by atoms with Crippen molar-refractivity contribution in [2.24, 2.45) is 4.99 Å². The first-order valence-electron chi connectivity index (χ1n) is 7.19. The molecule has 0 unspecified atom stereocenters. The molecule has 0 saturated heterocycles. The van der Waals surface area contributed by atoms with Gasteiger partial charge < -0.3 is 15.0 Å². The highest BCUT2D eigenvalue weighted by Crippen LogP contribution is 2.05. The predicted molar refractivity (Wildman–Crippen MR) is 84.9 cm³/mol. The van der Waals surface area contributed by atoms with E-state index in [1.165, 1.54) is 24.0 Å². The summed E-state index contributed by atoms with van der Waals surface area (Å²) in [4.78, 5) is 6.48. The van der Waals surface area contributed by atoms with Gasteiger partial charge in [-0.15, -0.1) is 0 Å². The summed E-state index contributed by atoms with van der Waals surface area (Å²) < 4.78 is 5.11. The van der Waals surface area contributed by atoms with Crippen LogP contribution in [0.1, 0.15) is 30.9 Å². The monoisotopic (exact) mass is 277 g/mol. The van der Waals surface area contributed by atoms with Crippen molar-refractivity contribution in [3.8, 4) is 0 Å². The molecule has 0 aromatic heterocycles. The highest BCUT2D eigenvalue weighted by atomic mass is 16.5. The second-order valence-electron chi connectivity index (χ2n) is 4.93. The van der Waals surface area contributed by atoms with E-state index in [1.54, 1.807) is 7.11 Å². The van der Waals surface area contributed by atoms with Gasteiger partial charge in [-0.3, -0.25) is 4.99 Å². The van der Waals surface area contributed by atoms with Gasteiger partial charge in [0.15, 0.2) is 5.96 Å². The van der Waals surface area contributed by atoms with Crippen LogP contribution in [0, 0.1) is 0 Å². The van der Waals surface area contributed by atoms with Crippen molar-refractivity contribution in [1.29, 1.82) is 0 Å². The Balaban J connectivity index is 2.47. The van der Waals surface area contributed by atoms with E-state index in [1.807, 2.05) is 7.05 Å². The van der Waals surface area contributed by atoms with Crippen molar-refractivity contribution in [2.45, 2.75) is 32.9 Å². The average Bonchev–Trinajstić information content (AvgIpc) is 2.47. The number of ether oxygens (including phenoxy) is 1. The molecule has 4 heteroatoms. The minimum atomic E-state index is 0.662. The zero-order valence-corrected chi connectivity index (χ0v) is 13.1. The predicted octanol–water partition coefficient (Wildman–Crippen LogP) is 2.64. The Morgan fingerprint density at radius 2 is 1.90 bits per heavy atom. The number of benzene rings is 1. The zero-order chi connectivity index (χ0) is 14.8. The standard InChI is InChI=1S/C16H27N3O/c1-5-6-11-19(3)16(17-2)18-12-14-7-9-15(10-8-14)13-20-4/h7-10H,5-6,11-13H2,1-4H3,(H,17,18). The Morgan fingerprint density at radius 3 is 2.45 bits per heavy atom. The number of hydrogen-bond donors (Lipinski definition) is 1. The Labute approximate surface area is 122 Å². The molecule has 0 fully saturated rings. The Morgan fingerprint density at radius 1 is 1.25 bits per heavy atom. The van der Waals surface area contributed by atoms with E-state index in [0.29, 0.717) is 6.61 Å². The lowest BCUT2D eigenvalue weighted by Crippen LogP contribution is -2.38. The number of aliphatic imine (C=N–C) groups is 1. The summed E-state index contributed by atoms with van der Waals surface area (Å²) in [5.74, 6) is 0.944. The van der Waals surface area contributed by atoms with Crippen molar-refractivity contribution in [3.05, 3.63) is 35.4 Å². The van der Waals surface area contributed by atoms with Gasteiger partial charge >= 0.3 is 0 Å². The van der Waals surface area contributed by atoms with E-state index in [4.69, 9.17) is 4.74 Å². The van der Waals surface area contributed by atoms with E-state index in [9.17, 15) is 0 Å². The summed E-state index contributed by atoms with van der Waals surface area (Å²) in [6.07, 6.45) is 2.38. The molecule has 0 bridgehead atoms. The second-order valence-corrected chi connectivity index (χ2v) is 4.93. The number of methoxy groups -OCH3 is 1. The number of nitrogens with zero attached hydrogens (tertiary/aromatic N) is 2. The lowest BCUT2D eigenvalue weighted by molar-refractivity contribution is 0.185. The first kappa shape index (κ1) is 16.5. The number of unbranched alkanes of at least 4 members (excludes halogenated alkanes) is 1. The van der Waals surface area contributed by atoms with Crippen molar-refractivity contribution >= 4 is 5.96 Å². The maximum absolute atomic E-state index is 5.11. The van der Waals surface area contributed by atoms with Crippen LogP contribution in [-0.2, 0) is 17.9 Å². The topological polar surface area (TPSA) is 36.9 Å². The quantitative estimate of drug-likeness (QED) is 0.615. The second kappa shape index (κ2) is 9.37. The van der Waals surface area contributed by atoms with Crippen molar-refractivity contribution in [2.75, 3.05) is 27.7 Å². The molecule has 0 amide bonds. The Hall–Kier alpha value is -1.55. The summed E-state index contributed by atoms with van der Waals surface area (Å²) in [5, 5.41) is 3.39. The lowest BCUT2D eigenvalue weighted by Gasteiger charge is -2.21. The number of rotatable bonds is 7. The molecule has 1 rings (SSSR count). The van der Waals surface area contributed by atoms with Crippen molar-refractivity contribution in [3.63, 3.8) is 0 Å². The van der Waals surface area contributed by atoms with Gasteiger partial charge in [0.1, 0.15) is 0 Å². The molecule has 0 heterocycles. The van der Waals surface area contributed by atoms with Gasteiger partial charge in [0, 0.05) is 34.3 Å². The molecule has 0 saturated carbocycles. The minimum Gasteiger partial charge on any atom is -0.380 e. The van der Waals surface area contributed by atoms with Gasteiger partial charge in [0.25, 0.3) is 0 Å². The molecular weight excluding hydrogens is 250 g/mol. The van der Waals surface area contributed by atoms with Gasteiger partial charge in [-0.1, -0.05) is 37.6 Å². The first-order chi connectivity index (χ1) is 9.71. The average molecular weight is 277 g/mol. The number of nitrogens with one attached hydrogen (secondary N) is 1. The third-order valence-corrected chi connectivity index (χ3v) is 3.21. The highest BCUT2D eigenvalue weighted by molar-refractivity contribution is 5.79. The fourth-order valence-electron chi connectivity index (χ4n) is 1.99. The van der Waals surface area contributed by atoms with Crippen LogP contribution in [0.3, 0.4) is 0 Å². The van der Waals surface area contributed by atoms with Crippen LogP contribution in [0.5, 0.6) is 0 Å². The first-order valence-corrected chi connectivity index (χ1v) is 7.19. The third-order valence-electron chi connectivity index (χ3n) is 3.21. The summed E-state index contributed by atoms with van der Waals surface area (Å²) in [7, 11) is 5.62. The van der Waals surface area contributed by atoms with Crippen LogP contribution in [-0.4, -0.2) is 38.6 Å². The van der Waals surface area contributed by atoms with Crippen LogP contribution in [0.15, 0.2) is 29.3 Å². The molecule has 0 aliphatic heterocycles. The molecule has 0 aliphatic carbocycles. The molecule has 1 aromatic carbocycles. The van der Waals surface area contributed by atoms with Gasteiger partial charge in [0.2, 0.25) is 0 Å². The molecule has 1 aromatic rings. The van der Waals surface area contributed by atoms with Crippen LogP contribution in [0.4, 0.5) is 0 Å². The molecular formula is C16H27N3O. The summed E-state index contributed by atoms with van der Waals surface area (Å²) in [6, 6.07) is 8.45. The molecule has 20 heavy (non-hydrogen) atoms. The van der Waals surface area contributed by atoms with E-state index >= 15 is 0 Å². The van der Waals surface area contributed by atoms with Gasteiger partial charge in [-0.05, 0) is 17.5 Å². The maximum atomic E-state index is 5.11. The minimum absolute atomic E-state index is 0.662. The van der Waals surface area contributed by atoms with Crippen LogP contribution < -0.4 is 5.32 Å². The van der Waals surface area contributed by atoms with Crippen LogP contribution in [0.2, 0.25) is 0 Å². The molecule has 4 nitrogen and oxygen atoms in total. The summed E-state index contributed by atoms with van der Waals surface area (Å²) in [5.41, 5.74) is 2.44. The Kier molecular flexibility index (Phi) is 7.73. The molecule has 0 aliphatic rings. The largest absolute Gasteiger partial charge is 0.380 e. The number of hydrogen-bond acceptors (Lipinski definition) is 2. The van der Waals surface area contributed by atoms with Crippen LogP contribution in [0.25, 0.3) is 0 Å². The van der Waals surface area contributed by atoms with Gasteiger partial charge in [-0.25, -0.2) is 0 Å². The van der Waals surface area contributed by atoms with E-state index in [-0.39, 0.29) is 0 Å². The normalized spacial score (nSPS) is 11.5. The van der Waals surface area contributed by atoms with Crippen LogP contribution >= 0.6 is 0 Å². The van der Waals surface area contributed by atoms with Gasteiger partial charge in [-0.2, -0.15) is 0 Å². The summed E-state index contributed by atoms with van der Waals surface area (Å²) in [6.45, 7) is 4.68. The molecule has 0 atom stereocenters. The van der Waals surface area contributed by atoms with E-state index < -0.39 is 0 Å². The smallest absolute Gasteiger partial charge is 0.193 e.